The van der Waals surface area contributed by atoms with Crippen molar-refractivity contribution in [3.63, 3.8) is 0 Å². The predicted octanol–water partition coefficient (Wildman–Crippen LogP) is 1.57. The number of nitrogens with one attached hydrogen (secondary N) is 1. The van der Waals surface area contributed by atoms with Crippen LogP contribution in [-0.4, -0.2) is 24.9 Å². The highest BCUT2D eigenvalue weighted by Crippen LogP contribution is 2.29. The van der Waals surface area contributed by atoms with Gasteiger partial charge in [-0.1, -0.05) is 27.5 Å². The molecule has 16 heavy (non-hydrogen) atoms. The number of carbonyl (C=O) groups excluding carboxylic acids is 2. The number of nitrogens with zero attached hydrogens (tertiary/aromatic N) is 1. The molecule has 1 aliphatic heterocycles. The van der Waals surface area contributed by atoms with Crippen LogP contribution in [0.15, 0.2) is 22.7 Å². The van der Waals surface area contributed by atoms with Crippen LogP contribution in [-0.2, 0) is 9.59 Å². The Kier molecular flexibility index (Phi) is 3.16. The Morgan fingerprint density at radius 3 is 2.88 bits per heavy atom. The van der Waals surface area contributed by atoms with E-state index >= 15 is 0 Å². The number of anilines is 1. The van der Waals surface area contributed by atoms with Gasteiger partial charge in [0.1, 0.15) is 6.54 Å². The Balaban J connectivity index is 2.38. The third-order valence-corrected chi connectivity index (χ3v) is 3.05. The molecule has 0 unspecified atom stereocenters. The molecule has 0 atom stereocenters. The zero-order valence-corrected chi connectivity index (χ0v) is 10.5. The first kappa shape index (κ1) is 11.4. The van der Waals surface area contributed by atoms with Crippen molar-refractivity contribution >= 4 is 45.0 Å². The summed E-state index contributed by atoms with van der Waals surface area (Å²) in [6, 6.07) is 5.18. The van der Waals surface area contributed by atoms with Crippen molar-refractivity contribution < 1.29 is 9.59 Å². The lowest BCUT2D eigenvalue weighted by molar-refractivity contribution is -0.128. The molecule has 2 rings (SSSR count). The summed E-state index contributed by atoms with van der Waals surface area (Å²) >= 11 is 9.30. The number of carbonyl (C=O) groups is 2. The Labute approximate surface area is 106 Å². The average Bonchev–Trinajstić information content (AvgIpc) is 2.25. The van der Waals surface area contributed by atoms with Gasteiger partial charge in [0.05, 0.1) is 17.3 Å². The molecule has 4 nitrogen and oxygen atoms in total. The minimum atomic E-state index is -0.185. The second kappa shape index (κ2) is 4.43. The van der Waals surface area contributed by atoms with Gasteiger partial charge in [0.25, 0.3) is 0 Å². The van der Waals surface area contributed by atoms with Crippen LogP contribution in [0.5, 0.6) is 0 Å². The maximum absolute atomic E-state index is 11.6. The first-order valence-electron chi connectivity index (χ1n) is 4.60. The molecule has 6 heteroatoms. The monoisotopic (exact) mass is 302 g/mol. The summed E-state index contributed by atoms with van der Waals surface area (Å²) < 4.78 is 0.811. The molecule has 0 saturated carbocycles. The van der Waals surface area contributed by atoms with Crippen molar-refractivity contribution in [1.82, 2.24) is 5.32 Å². The number of amides is 2. The van der Waals surface area contributed by atoms with Crippen molar-refractivity contribution in [2.75, 3.05) is 18.0 Å². The molecule has 0 aromatic heterocycles. The van der Waals surface area contributed by atoms with Crippen LogP contribution in [0, 0.1) is 0 Å². The van der Waals surface area contributed by atoms with Gasteiger partial charge in [-0.05, 0) is 18.2 Å². The summed E-state index contributed by atoms with van der Waals surface area (Å²) in [5, 5.41) is 2.93. The molecular weight excluding hydrogens is 295 g/mol. The lowest BCUT2D eigenvalue weighted by Gasteiger charge is -2.27. The smallest absolute Gasteiger partial charge is 0.246 e. The largest absolute Gasteiger partial charge is 0.345 e. The fraction of sp³-hybridized carbons (Fsp3) is 0.200. The first-order valence-corrected chi connectivity index (χ1v) is 5.77. The van der Waals surface area contributed by atoms with Crippen molar-refractivity contribution in [2.24, 2.45) is 0 Å². The van der Waals surface area contributed by atoms with Crippen LogP contribution < -0.4 is 10.2 Å². The van der Waals surface area contributed by atoms with E-state index in [-0.39, 0.29) is 24.9 Å². The fourth-order valence-electron chi connectivity index (χ4n) is 1.47. The Morgan fingerprint density at radius 2 is 2.12 bits per heavy atom. The highest BCUT2D eigenvalue weighted by Gasteiger charge is 2.25. The van der Waals surface area contributed by atoms with Crippen LogP contribution in [0.2, 0.25) is 5.02 Å². The van der Waals surface area contributed by atoms with Gasteiger partial charge in [-0.3, -0.25) is 14.5 Å². The van der Waals surface area contributed by atoms with E-state index in [0.717, 1.165) is 4.47 Å². The first-order chi connectivity index (χ1) is 7.58. The second-order valence-electron chi connectivity index (χ2n) is 3.35. The standard InChI is InChI=1S/C10H8BrClN2O2/c11-6-1-2-7(12)8(3-6)14-5-9(15)13-4-10(14)16/h1-3H,4-5H2,(H,13,15). The zero-order chi connectivity index (χ0) is 11.7. The quantitative estimate of drug-likeness (QED) is 0.856. The predicted molar refractivity (Wildman–Crippen MR) is 64.5 cm³/mol. The third kappa shape index (κ3) is 2.20. The SMILES string of the molecule is O=C1CN(c2cc(Br)ccc2Cl)C(=O)CN1. The lowest BCUT2D eigenvalue weighted by Crippen LogP contribution is -2.51. The van der Waals surface area contributed by atoms with E-state index < -0.39 is 0 Å². The molecule has 84 valence electrons. The second-order valence-corrected chi connectivity index (χ2v) is 4.68. The van der Waals surface area contributed by atoms with Crippen LogP contribution in [0.1, 0.15) is 0 Å². The van der Waals surface area contributed by atoms with Gasteiger partial charge >= 0.3 is 0 Å². The molecule has 1 aromatic carbocycles. The number of halogens is 2. The van der Waals surface area contributed by atoms with Crippen molar-refractivity contribution in [1.29, 1.82) is 0 Å². The number of benzene rings is 1. The van der Waals surface area contributed by atoms with Gasteiger partial charge in [-0.25, -0.2) is 0 Å². The van der Waals surface area contributed by atoms with Crippen LogP contribution >= 0.6 is 27.5 Å². The van der Waals surface area contributed by atoms with Gasteiger partial charge in [-0.2, -0.15) is 0 Å². The molecule has 0 aliphatic carbocycles. The summed E-state index contributed by atoms with van der Waals surface area (Å²) in [7, 11) is 0. The summed E-state index contributed by atoms with van der Waals surface area (Å²) in [5.41, 5.74) is 0.552. The zero-order valence-electron chi connectivity index (χ0n) is 8.17. The minimum Gasteiger partial charge on any atom is -0.345 e. The highest BCUT2D eigenvalue weighted by atomic mass is 79.9. The van der Waals surface area contributed by atoms with E-state index in [4.69, 9.17) is 11.6 Å². The van der Waals surface area contributed by atoms with Gasteiger partial charge in [-0.15, -0.1) is 0 Å². The number of rotatable bonds is 1. The maximum atomic E-state index is 11.6. The molecule has 2 amide bonds. The molecule has 0 spiro atoms. The van der Waals surface area contributed by atoms with Gasteiger partial charge in [0, 0.05) is 4.47 Å². The summed E-state index contributed by atoms with van der Waals surface area (Å²) in [4.78, 5) is 24.3. The molecule has 0 bridgehead atoms. The summed E-state index contributed by atoms with van der Waals surface area (Å²) in [6.07, 6.45) is 0. The van der Waals surface area contributed by atoms with Gasteiger partial charge in [0.15, 0.2) is 0 Å². The average molecular weight is 304 g/mol. The van der Waals surface area contributed by atoms with E-state index in [2.05, 4.69) is 21.2 Å². The van der Waals surface area contributed by atoms with E-state index in [0.29, 0.717) is 10.7 Å². The van der Waals surface area contributed by atoms with Crippen molar-refractivity contribution in [3.8, 4) is 0 Å². The van der Waals surface area contributed by atoms with Gasteiger partial charge < -0.3 is 5.32 Å². The molecule has 1 saturated heterocycles. The maximum Gasteiger partial charge on any atom is 0.246 e. The van der Waals surface area contributed by atoms with Crippen LogP contribution in [0.25, 0.3) is 0 Å². The summed E-state index contributed by atoms with van der Waals surface area (Å²) in [5.74, 6) is -0.352. The van der Waals surface area contributed by atoms with Gasteiger partial charge in [0.2, 0.25) is 11.8 Å². The Hall–Kier alpha value is -1.07. The van der Waals surface area contributed by atoms with E-state index in [1.54, 1.807) is 18.2 Å². The van der Waals surface area contributed by atoms with Crippen molar-refractivity contribution in [3.05, 3.63) is 27.7 Å². The number of hydrogen-bond donors (Lipinski definition) is 1. The lowest BCUT2D eigenvalue weighted by atomic mass is 10.2. The molecule has 1 aliphatic rings. The van der Waals surface area contributed by atoms with E-state index in [9.17, 15) is 9.59 Å². The summed E-state index contributed by atoms with van der Waals surface area (Å²) in [6.45, 7) is 0.0245. The van der Waals surface area contributed by atoms with E-state index in [1.165, 1.54) is 4.90 Å². The Morgan fingerprint density at radius 1 is 1.38 bits per heavy atom. The Bertz CT molecular complexity index is 464. The van der Waals surface area contributed by atoms with Crippen LogP contribution in [0.4, 0.5) is 5.69 Å². The van der Waals surface area contributed by atoms with Crippen molar-refractivity contribution in [2.45, 2.75) is 0 Å². The molecule has 0 radical (unpaired) electrons. The van der Waals surface area contributed by atoms with E-state index in [1.807, 2.05) is 0 Å². The number of piperazine rings is 1. The fourth-order valence-corrected chi connectivity index (χ4v) is 2.04. The molecule has 1 fully saturated rings. The highest BCUT2D eigenvalue weighted by molar-refractivity contribution is 9.10. The molecule has 1 aromatic rings. The molecular formula is C10H8BrClN2O2. The topological polar surface area (TPSA) is 49.4 Å². The normalized spacial score (nSPS) is 16.2. The minimum absolute atomic E-state index is 0.00894. The number of hydrogen-bond acceptors (Lipinski definition) is 2. The molecule has 1 heterocycles. The third-order valence-electron chi connectivity index (χ3n) is 2.24. The molecule has 1 N–H and O–H groups in total. The van der Waals surface area contributed by atoms with Crippen LogP contribution in [0.3, 0.4) is 0 Å².